The zero-order valence-corrected chi connectivity index (χ0v) is 8.12. The lowest BCUT2D eigenvalue weighted by Gasteiger charge is -2.34. The molecule has 0 bridgehead atoms. The van der Waals surface area contributed by atoms with E-state index < -0.39 is 0 Å². The molecule has 0 aliphatic rings. The summed E-state index contributed by atoms with van der Waals surface area (Å²) in [7, 11) is 0. The zero-order chi connectivity index (χ0) is 8.20. The summed E-state index contributed by atoms with van der Waals surface area (Å²) >= 11 is 0. The lowest BCUT2D eigenvalue weighted by Crippen LogP contribution is -2.22. The fourth-order valence-corrected chi connectivity index (χ4v) is 1.81. The Hall–Kier alpha value is 0.766. The highest BCUT2D eigenvalue weighted by Crippen LogP contribution is 2.39. The molecule has 0 N–H and O–H groups in total. The van der Waals surface area contributed by atoms with Gasteiger partial charge in [-0.25, -0.2) is 0 Å². The van der Waals surface area contributed by atoms with Crippen LogP contribution in [0.25, 0.3) is 0 Å². The molecule has 0 nitrogen and oxygen atoms in total. The molecule has 0 saturated heterocycles. The van der Waals surface area contributed by atoms with Gasteiger partial charge in [0.25, 0.3) is 0 Å². The standard InChI is InChI=1S/C10H21.Mg.2H/c1-6-10(7-2,8-3)9(4)5;;;/h6-8H2,1-5H3;;;. The van der Waals surface area contributed by atoms with Gasteiger partial charge in [0.1, 0.15) is 0 Å². The van der Waals surface area contributed by atoms with Crippen molar-refractivity contribution in [3.05, 3.63) is 5.92 Å². The van der Waals surface area contributed by atoms with Crippen LogP contribution in [0.1, 0.15) is 53.9 Å². The maximum Gasteiger partial charge on any atom is 0.316 e. The Labute approximate surface area is 88.3 Å². The van der Waals surface area contributed by atoms with E-state index in [1.807, 2.05) is 0 Å². The van der Waals surface area contributed by atoms with Crippen LogP contribution in [0.5, 0.6) is 0 Å². The van der Waals surface area contributed by atoms with Crippen LogP contribution in [0.2, 0.25) is 0 Å². The molecule has 0 heterocycles. The van der Waals surface area contributed by atoms with Crippen LogP contribution < -0.4 is 0 Å². The first-order valence-corrected chi connectivity index (χ1v) is 4.43. The summed E-state index contributed by atoms with van der Waals surface area (Å²) in [4.78, 5) is 0. The molecule has 0 aromatic carbocycles. The van der Waals surface area contributed by atoms with Crippen LogP contribution >= 0.6 is 0 Å². The Kier molecular flexibility index (Phi) is 8.19. The van der Waals surface area contributed by atoms with E-state index in [4.69, 9.17) is 0 Å². The van der Waals surface area contributed by atoms with Crippen LogP contribution in [0.4, 0.5) is 0 Å². The third-order valence-electron chi connectivity index (χ3n) is 3.09. The largest absolute Gasteiger partial charge is 0.316 e. The Morgan fingerprint density at radius 2 is 1.18 bits per heavy atom. The quantitative estimate of drug-likeness (QED) is 0.565. The van der Waals surface area contributed by atoms with E-state index in [1.54, 1.807) is 5.92 Å². The fourth-order valence-electron chi connectivity index (χ4n) is 1.81. The predicted octanol–water partition coefficient (Wildman–Crippen LogP) is 2.90. The molecule has 0 amide bonds. The van der Waals surface area contributed by atoms with E-state index in [1.165, 1.54) is 19.3 Å². The lowest BCUT2D eigenvalue weighted by atomic mass is 9.71. The SMILES string of the molecule is CCC(CC)(CC)[C](C)C.[MgH2]. The Bertz CT molecular complexity index is 74.6. The molecule has 0 aliphatic heterocycles. The molecule has 0 aliphatic carbocycles. The second-order valence-electron chi connectivity index (χ2n) is 3.34. The molecule has 0 rings (SSSR count). The highest BCUT2D eigenvalue weighted by molar-refractivity contribution is 5.75. The summed E-state index contributed by atoms with van der Waals surface area (Å²) in [5.41, 5.74) is 0.542. The molecule has 0 saturated carbocycles. The summed E-state index contributed by atoms with van der Waals surface area (Å²) in [5, 5.41) is 0. The second-order valence-corrected chi connectivity index (χ2v) is 3.34. The number of hydrogen-bond donors (Lipinski definition) is 0. The van der Waals surface area contributed by atoms with Crippen LogP contribution in [-0.2, 0) is 0 Å². The van der Waals surface area contributed by atoms with Gasteiger partial charge in [-0.3, -0.25) is 0 Å². The Morgan fingerprint density at radius 3 is 1.18 bits per heavy atom. The predicted molar refractivity (Wildman–Crippen MR) is 56.4 cm³/mol. The van der Waals surface area contributed by atoms with E-state index in [0.717, 1.165) is 0 Å². The van der Waals surface area contributed by atoms with Gasteiger partial charge in [0.05, 0.1) is 0 Å². The van der Waals surface area contributed by atoms with Crippen molar-refractivity contribution in [2.75, 3.05) is 0 Å². The average molecular weight is 168 g/mol. The molecule has 0 aromatic heterocycles. The van der Waals surface area contributed by atoms with Gasteiger partial charge in [-0.1, -0.05) is 34.6 Å². The van der Waals surface area contributed by atoms with Gasteiger partial charge in [-0.15, -0.1) is 0 Å². The third kappa shape index (κ3) is 3.33. The molecule has 0 spiro atoms. The first-order valence-electron chi connectivity index (χ1n) is 4.43. The molecular formula is C10H23Mg. The monoisotopic (exact) mass is 167 g/mol. The first kappa shape index (κ1) is 14.3. The summed E-state index contributed by atoms with van der Waals surface area (Å²) < 4.78 is 0. The second kappa shape index (κ2) is 6.30. The minimum atomic E-state index is 0. The Balaban J connectivity index is 0. The maximum absolute atomic E-state index is 2.29. The molecule has 11 heavy (non-hydrogen) atoms. The minimum Gasteiger partial charge on any atom is -0.0648 e. The summed E-state index contributed by atoms with van der Waals surface area (Å²) in [6.07, 6.45) is 3.88. The van der Waals surface area contributed by atoms with E-state index in [9.17, 15) is 0 Å². The molecular weight excluding hydrogens is 144 g/mol. The Morgan fingerprint density at radius 1 is 0.909 bits per heavy atom. The van der Waals surface area contributed by atoms with Crippen LogP contribution in [-0.4, -0.2) is 23.1 Å². The van der Waals surface area contributed by atoms with E-state index in [0.29, 0.717) is 5.41 Å². The van der Waals surface area contributed by atoms with Crippen LogP contribution in [0, 0.1) is 11.3 Å². The van der Waals surface area contributed by atoms with Gasteiger partial charge in [0.2, 0.25) is 0 Å². The smallest absolute Gasteiger partial charge is 0.0648 e. The normalized spacial score (nSPS) is 11.5. The van der Waals surface area contributed by atoms with Gasteiger partial charge in [0.15, 0.2) is 0 Å². The van der Waals surface area contributed by atoms with E-state index in [2.05, 4.69) is 34.6 Å². The average Bonchev–Trinajstić information content (AvgIpc) is 1.92. The lowest BCUT2D eigenvalue weighted by molar-refractivity contribution is 0.272. The molecule has 65 valence electrons. The van der Waals surface area contributed by atoms with E-state index >= 15 is 0 Å². The van der Waals surface area contributed by atoms with Crippen LogP contribution in [0.15, 0.2) is 0 Å². The van der Waals surface area contributed by atoms with Gasteiger partial charge in [-0.2, -0.15) is 0 Å². The molecule has 0 atom stereocenters. The highest BCUT2D eigenvalue weighted by Gasteiger charge is 2.27. The summed E-state index contributed by atoms with van der Waals surface area (Å²) in [5.74, 6) is 1.60. The molecule has 1 heteroatoms. The van der Waals surface area contributed by atoms with Crippen molar-refractivity contribution in [2.24, 2.45) is 5.41 Å². The van der Waals surface area contributed by atoms with E-state index in [-0.39, 0.29) is 23.1 Å². The van der Waals surface area contributed by atoms with Crippen molar-refractivity contribution < 1.29 is 0 Å². The van der Waals surface area contributed by atoms with Gasteiger partial charge < -0.3 is 0 Å². The van der Waals surface area contributed by atoms with Crippen molar-refractivity contribution in [1.29, 1.82) is 0 Å². The molecule has 0 aromatic rings. The topological polar surface area (TPSA) is 0 Å². The third-order valence-corrected chi connectivity index (χ3v) is 3.09. The van der Waals surface area contributed by atoms with Gasteiger partial charge in [-0.05, 0) is 30.6 Å². The number of rotatable bonds is 4. The zero-order valence-electron chi connectivity index (χ0n) is 8.12. The summed E-state index contributed by atoms with van der Waals surface area (Å²) in [6, 6.07) is 0. The van der Waals surface area contributed by atoms with Crippen molar-refractivity contribution in [2.45, 2.75) is 53.9 Å². The van der Waals surface area contributed by atoms with Gasteiger partial charge >= 0.3 is 23.1 Å². The van der Waals surface area contributed by atoms with Crippen molar-refractivity contribution >= 4 is 23.1 Å². The highest BCUT2D eigenvalue weighted by atomic mass is 24.3. The van der Waals surface area contributed by atoms with Crippen molar-refractivity contribution in [1.82, 2.24) is 0 Å². The molecule has 1 radical (unpaired) electrons. The van der Waals surface area contributed by atoms with Crippen LogP contribution in [0.3, 0.4) is 0 Å². The van der Waals surface area contributed by atoms with Crippen molar-refractivity contribution in [3.8, 4) is 0 Å². The molecule has 0 fully saturated rings. The number of hydrogen-bond acceptors (Lipinski definition) is 0. The van der Waals surface area contributed by atoms with Gasteiger partial charge in [0, 0.05) is 0 Å². The summed E-state index contributed by atoms with van der Waals surface area (Å²) in [6.45, 7) is 11.4. The fraction of sp³-hybridized carbons (Fsp3) is 0.900. The maximum atomic E-state index is 2.29. The first-order chi connectivity index (χ1) is 4.63. The molecule has 0 unspecified atom stereocenters. The van der Waals surface area contributed by atoms with Crippen molar-refractivity contribution in [3.63, 3.8) is 0 Å². The minimum absolute atomic E-state index is 0.